The summed E-state index contributed by atoms with van der Waals surface area (Å²) >= 11 is 0. The number of likely N-dealkylation sites (tertiary alicyclic amines) is 1. The molecule has 1 aromatic carbocycles. The monoisotopic (exact) mass is 371 g/mol. The first kappa shape index (κ1) is 17.6. The number of hydrogen-bond donors (Lipinski definition) is 1. The summed E-state index contributed by atoms with van der Waals surface area (Å²) in [5, 5.41) is 0. The fourth-order valence-electron chi connectivity index (χ4n) is 4.27. The van der Waals surface area contributed by atoms with Crippen LogP contribution in [0, 0.1) is 5.41 Å². The first-order valence-electron chi connectivity index (χ1n) is 9.24. The first-order valence-corrected chi connectivity index (χ1v) is 10.7. The van der Waals surface area contributed by atoms with Gasteiger partial charge >= 0.3 is 0 Å². The highest BCUT2D eigenvalue weighted by Crippen LogP contribution is 2.49. The van der Waals surface area contributed by atoms with Crippen LogP contribution in [0.15, 0.2) is 59.6 Å². The van der Waals surface area contributed by atoms with E-state index in [0.717, 1.165) is 51.0 Å². The Labute approximate surface area is 155 Å². The van der Waals surface area contributed by atoms with Crippen LogP contribution in [0.5, 0.6) is 0 Å². The molecule has 2 aliphatic rings. The molecule has 1 aliphatic heterocycles. The van der Waals surface area contributed by atoms with Gasteiger partial charge in [-0.2, -0.15) is 0 Å². The van der Waals surface area contributed by atoms with Gasteiger partial charge in [-0.1, -0.05) is 24.3 Å². The summed E-state index contributed by atoms with van der Waals surface area (Å²) in [5.74, 6) is 0. The van der Waals surface area contributed by atoms with Crippen LogP contribution >= 0.6 is 0 Å². The van der Waals surface area contributed by atoms with Gasteiger partial charge in [-0.15, -0.1) is 0 Å². The third kappa shape index (κ3) is 3.82. The number of pyridine rings is 1. The average Bonchev–Trinajstić information content (AvgIpc) is 2.63. The fourth-order valence-corrected chi connectivity index (χ4v) is 5.53. The molecule has 1 spiro atoms. The lowest BCUT2D eigenvalue weighted by molar-refractivity contribution is 0.0103. The zero-order valence-electron chi connectivity index (χ0n) is 14.8. The molecule has 1 saturated carbocycles. The SMILES string of the molecule is O=S(=O)(NC1CC2(CCN(Cc3ccccn3)CC2)C1)c1ccccc1. The van der Waals surface area contributed by atoms with E-state index in [1.807, 2.05) is 24.4 Å². The van der Waals surface area contributed by atoms with Crippen LogP contribution in [0.3, 0.4) is 0 Å². The summed E-state index contributed by atoms with van der Waals surface area (Å²) in [6.07, 6.45) is 6.04. The maximum absolute atomic E-state index is 12.4. The topological polar surface area (TPSA) is 62.3 Å². The third-order valence-corrected chi connectivity index (χ3v) is 7.30. The van der Waals surface area contributed by atoms with Crippen molar-refractivity contribution in [2.45, 2.75) is 43.2 Å². The summed E-state index contributed by atoms with van der Waals surface area (Å²) in [6.45, 7) is 3.03. The molecule has 0 bridgehead atoms. The molecule has 1 aliphatic carbocycles. The largest absolute Gasteiger partial charge is 0.297 e. The number of sulfonamides is 1. The second kappa shape index (κ2) is 7.10. The minimum atomic E-state index is -3.40. The molecule has 0 radical (unpaired) electrons. The van der Waals surface area contributed by atoms with Crippen LogP contribution in [0.1, 0.15) is 31.4 Å². The first-order chi connectivity index (χ1) is 12.5. The molecule has 2 heterocycles. The predicted octanol–water partition coefficient (Wildman–Crippen LogP) is 2.80. The highest BCUT2D eigenvalue weighted by molar-refractivity contribution is 7.89. The van der Waals surface area contributed by atoms with E-state index in [1.54, 1.807) is 24.3 Å². The van der Waals surface area contributed by atoms with Gasteiger partial charge in [0.05, 0.1) is 10.6 Å². The summed E-state index contributed by atoms with van der Waals surface area (Å²) in [6, 6.07) is 14.8. The molecule has 1 N–H and O–H groups in total. The summed E-state index contributed by atoms with van der Waals surface area (Å²) in [7, 11) is -3.40. The molecule has 5 nitrogen and oxygen atoms in total. The molecule has 0 unspecified atom stereocenters. The second-order valence-electron chi connectivity index (χ2n) is 7.64. The minimum absolute atomic E-state index is 0.0718. The standard InChI is InChI=1S/C20H25N3O2S/c24-26(25,19-7-2-1-3-8-19)22-18-14-20(15-18)9-12-23(13-10-20)16-17-6-4-5-11-21-17/h1-8,11,18,22H,9-10,12-16H2. The third-order valence-electron chi connectivity index (χ3n) is 5.76. The molecule has 1 saturated heterocycles. The Morgan fingerprint density at radius 2 is 1.73 bits per heavy atom. The fraction of sp³-hybridized carbons (Fsp3) is 0.450. The van der Waals surface area contributed by atoms with E-state index < -0.39 is 10.0 Å². The number of benzene rings is 1. The summed E-state index contributed by atoms with van der Waals surface area (Å²) in [4.78, 5) is 7.21. The summed E-state index contributed by atoms with van der Waals surface area (Å²) in [5.41, 5.74) is 1.44. The quantitative estimate of drug-likeness (QED) is 0.878. The Bertz CT molecular complexity index is 824. The number of hydrogen-bond acceptors (Lipinski definition) is 4. The van der Waals surface area contributed by atoms with Crippen LogP contribution in [0.2, 0.25) is 0 Å². The summed E-state index contributed by atoms with van der Waals surface area (Å²) < 4.78 is 27.8. The van der Waals surface area contributed by atoms with E-state index in [0.29, 0.717) is 10.3 Å². The molecule has 26 heavy (non-hydrogen) atoms. The van der Waals surface area contributed by atoms with Crippen LogP contribution in [-0.2, 0) is 16.6 Å². The van der Waals surface area contributed by atoms with E-state index >= 15 is 0 Å². The van der Waals surface area contributed by atoms with Crippen molar-refractivity contribution in [3.05, 3.63) is 60.4 Å². The number of nitrogens with zero attached hydrogens (tertiary/aromatic N) is 2. The van der Waals surface area contributed by atoms with Gasteiger partial charge in [-0.25, -0.2) is 13.1 Å². The molecular weight excluding hydrogens is 346 g/mol. The van der Waals surface area contributed by atoms with E-state index in [2.05, 4.69) is 20.7 Å². The maximum atomic E-state index is 12.4. The van der Waals surface area contributed by atoms with Crippen LogP contribution in [0.4, 0.5) is 0 Å². The van der Waals surface area contributed by atoms with Crippen molar-refractivity contribution in [3.63, 3.8) is 0 Å². The molecule has 1 aromatic heterocycles. The van der Waals surface area contributed by atoms with Gasteiger partial charge in [0.25, 0.3) is 0 Å². The lowest BCUT2D eigenvalue weighted by atomic mass is 9.60. The van der Waals surface area contributed by atoms with Gasteiger partial charge < -0.3 is 0 Å². The molecule has 138 valence electrons. The Balaban J connectivity index is 1.27. The minimum Gasteiger partial charge on any atom is -0.297 e. The molecule has 4 rings (SSSR count). The van der Waals surface area contributed by atoms with Crippen LogP contribution in [-0.4, -0.2) is 37.4 Å². The van der Waals surface area contributed by atoms with E-state index in [9.17, 15) is 8.42 Å². The van der Waals surface area contributed by atoms with Crippen molar-refractivity contribution in [1.82, 2.24) is 14.6 Å². The molecule has 0 atom stereocenters. The van der Waals surface area contributed by atoms with Crippen LogP contribution < -0.4 is 4.72 Å². The molecule has 2 fully saturated rings. The van der Waals surface area contributed by atoms with Gasteiger partial charge in [0.2, 0.25) is 10.0 Å². The molecule has 0 amide bonds. The Hall–Kier alpha value is -1.76. The van der Waals surface area contributed by atoms with Crippen molar-refractivity contribution in [1.29, 1.82) is 0 Å². The Morgan fingerprint density at radius 3 is 2.38 bits per heavy atom. The predicted molar refractivity (Wildman–Crippen MR) is 101 cm³/mol. The van der Waals surface area contributed by atoms with E-state index in [-0.39, 0.29) is 6.04 Å². The number of aromatic nitrogens is 1. The van der Waals surface area contributed by atoms with Crippen molar-refractivity contribution in [2.75, 3.05) is 13.1 Å². The second-order valence-corrected chi connectivity index (χ2v) is 9.35. The molecule has 6 heteroatoms. The lowest BCUT2D eigenvalue weighted by Crippen LogP contribution is -2.54. The van der Waals surface area contributed by atoms with E-state index in [4.69, 9.17) is 0 Å². The highest BCUT2D eigenvalue weighted by atomic mass is 32.2. The highest BCUT2D eigenvalue weighted by Gasteiger charge is 2.46. The van der Waals surface area contributed by atoms with Crippen LogP contribution in [0.25, 0.3) is 0 Å². The zero-order valence-corrected chi connectivity index (χ0v) is 15.7. The van der Waals surface area contributed by atoms with Crippen molar-refractivity contribution in [2.24, 2.45) is 5.41 Å². The van der Waals surface area contributed by atoms with Gasteiger partial charge in [-0.05, 0) is 68.5 Å². The van der Waals surface area contributed by atoms with Crippen molar-refractivity contribution in [3.8, 4) is 0 Å². The Morgan fingerprint density at radius 1 is 1.04 bits per heavy atom. The van der Waals surface area contributed by atoms with Gasteiger partial charge in [0, 0.05) is 18.8 Å². The van der Waals surface area contributed by atoms with Crippen molar-refractivity contribution >= 4 is 10.0 Å². The Kier molecular flexibility index (Phi) is 4.82. The van der Waals surface area contributed by atoms with Gasteiger partial charge in [0.1, 0.15) is 0 Å². The number of rotatable bonds is 5. The smallest absolute Gasteiger partial charge is 0.240 e. The maximum Gasteiger partial charge on any atom is 0.240 e. The molecule has 2 aromatic rings. The van der Waals surface area contributed by atoms with Crippen molar-refractivity contribution < 1.29 is 8.42 Å². The number of nitrogens with one attached hydrogen (secondary N) is 1. The van der Waals surface area contributed by atoms with E-state index in [1.165, 1.54) is 0 Å². The number of piperidine rings is 1. The lowest BCUT2D eigenvalue weighted by Gasteiger charge is -2.52. The zero-order chi connectivity index (χ0) is 18.0. The normalized spacial score (nSPS) is 20.8. The van der Waals surface area contributed by atoms with Gasteiger partial charge in [0.15, 0.2) is 0 Å². The average molecular weight is 372 g/mol. The molecular formula is C20H25N3O2S. The van der Waals surface area contributed by atoms with Gasteiger partial charge in [-0.3, -0.25) is 9.88 Å².